The average Bonchev–Trinajstić information content (AvgIpc) is 3.24. The predicted octanol–water partition coefficient (Wildman–Crippen LogP) is 4.99. The van der Waals surface area contributed by atoms with Crippen molar-refractivity contribution in [3.63, 3.8) is 0 Å². The normalized spacial score (nSPS) is 15.7. The Morgan fingerprint density at radius 1 is 1.17 bits per heavy atom. The molecule has 0 fully saturated rings. The van der Waals surface area contributed by atoms with Gasteiger partial charge >= 0.3 is 5.97 Å². The molecule has 152 valence electrons. The maximum Gasteiger partial charge on any atom is 0.335 e. The highest BCUT2D eigenvalue weighted by molar-refractivity contribution is 5.90. The van der Waals surface area contributed by atoms with E-state index in [0.717, 1.165) is 28.0 Å². The summed E-state index contributed by atoms with van der Waals surface area (Å²) in [5.41, 5.74) is 4.11. The zero-order valence-corrected chi connectivity index (χ0v) is 16.8. The second-order valence-electron chi connectivity index (χ2n) is 7.33. The van der Waals surface area contributed by atoms with Gasteiger partial charge in [-0.15, -0.1) is 10.2 Å². The molecule has 1 aliphatic rings. The molecule has 0 radical (unpaired) electrons. The molecule has 3 aromatic rings. The quantitative estimate of drug-likeness (QED) is 0.625. The molecule has 1 aromatic heterocycles. The Balaban J connectivity index is 1.54. The van der Waals surface area contributed by atoms with Gasteiger partial charge in [-0.1, -0.05) is 48.6 Å². The summed E-state index contributed by atoms with van der Waals surface area (Å²) >= 11 is 0. The Morgan fingerprint density at radius 3 is 2.60 bits per heavy atom. The van der Waals surface area contributed by atoms with Crippen LogP contribution in [-0.2, 0) is 11.4 Å². The van der Waals surface area contributed by atoms with Crippen molar-refractivity contribution in [1.29, 1.82) is 0 Å². The largest absolute Gasteiger partial charge is 0.488 e. The molecule has 0 saturated carbocycles. The molecule has 0 saturated heterocycles. The van der Waals surface area contributed by atoms with Crippen molar-refractivity contribution in [2.45, 2.75) is 32.8 Å². The van der Waals surface area contributed by atoms with Crippen LogP contribution in [0.3, 0.4) is 0 Å². The maximum absolute atomic E-state index is 11.2. The first-order valence-corrected chi connectivity index (χ1v) is 9.74. The second kappa shape index (κ2) is 8.37. The molecule has 0 aliphatic heterocycles. The van der Waals surface area contributed by atoms with Crippen LogP contribution >= 0.6 is 0 Å². The topological polar surface area (TPSA) is 85.5 Å². The van der Waals surface area contributed by atoms with Gasteiger partial charge in [0.2, 0.25) is 11.8 Å². The molecule has 1 N–H and O–H groups in total. The number of aryl methyl sites for hydroxylation is 2. The SMILES string of the molecule is Cc1cc(-c2nnc(C3C=C(C(=O)O)C=CC3)o2)cc(C)c1OCc1ccccc1. The summed E-state index contributed by atoms with van der Waals surface area (Å²) in [7, 11) is 0. The lowest BCUT2D eigenvalue weighted by Crippen LogP contribution is -2.06. The number of carboxylic acids is 1. The first kappa shape index (κ1) is 19.6. The maximum atomic E-state index is 11.2. The van der Waals surface area contributed by atoms with Gasteiger partial charge in [0.1, 0.15) is 12.4 Å². The standard InChI is InChI=1S/C24H22N2O4/c1-15-11-20(12-16(2)21(15)29-14-17-7-4-3-5-8-17)23-26-25-22(30-23)18-9-6-10-19(13-18)24(27)28/h3-8,10-13,18H,9,14H2,1-2H3,(H,27,28). The van der Waals surface area contributed by atoms with E-state index in [1.807, 2.05) is 62.4 Å². The van der Waals surface area contributed by atoms with E-state index in [1.165, 1.54) is 0 Å². The third-order valence-electron chi connectivity index (χ3n) is 5.01. The van der Waals surface area contributed by atoms with E-state index in [0.29, 0.717) is 24.8 Å². The molecule has 0 bridgehead atoms. The summed E-state index contributed by atoms with van der Waals surface area (Å²) in [6, 6.07) is 14.0. The minimum absolute atomic E-state index is 0.234. The lowest BCUT2D eigenvalue weighted by molar-refractivity contribution is -0.132. The summed E-state index contributed by atoms with van der Waals surface area (Å²) in [4.78, 5) is 11.2. The number of allylic oxidation sites excluding steroid dienone is 2. The molecule has 1 atom stereocenters. The zero-order valence-electron chi connectivity index (χ0n) is 16.8. The number of carboxylic acid groups (broad SMARTS) is 1. The minimum Gasteiger partial charge on any atom is -0.488 e. The van der Waals surface area contributed by atoms with E-state index < -0.39 is 5.97 Å². The van der Waals surface area contributed by atoms with E-state index in [-0.39, 0.29) is 11.5 Å². The molecule has 1 unspecified atom stereocenters. The third-order valence-corrected chi connectivity index (χ3v) is 5.01. The van der Waals surface area contributed by atoms with Crippen LogP contribution in [0.1, 0.15) is 34.9 Å². The van der Waals surface area contributed by atoms with Crippen molar-refractivity contribution in [2.75, 3.05) is 0 Å². The van der Waals surface area contributed by atoms with Crippen LogP contribution < -0.4 is 4.74 Å². The van der Waals surface area contributed by atoms with Crippen molar-refractivity contribution < 1.29 is 19.1 Å². The number of carbonyl (C=O) groups is 1. The molecule has 4 rings (SSSR count). The second-order valence-corrected chi connectivity index (χ2v) is 7.33. The molecular weight excluding hydrogens is 380 g/mol. The van der Waals surface area contributed by atoms with Crippen molar-refractivity contribution in [1.82, 2.24) is 10.2 Å². The van der Waals surface area contributed by atoms with Crippen LogP contribution in [0.15, 0.2) is 70.7 Å². The molecule has 1 heterocycles. The molecule has 6 heteroatoms. The Morgan fingerprint density at radius 2 is 1.90 bits per heavy atom. The number of hydrogen-bond acceptors (Lipinski definition) is 5. The van der Waals surface area contributed by atoms with Crippen molar-refractivity contribution in [3.05, 3.63) is 88.8 Å². The van der Waals surface area contributed by atoms with Crippen LogP contribution in [0.4, 0.5) is 0 Å². The molecule has 0 amide bonds. The van der Waals surface area contributed by atoms with Crippen molar-refractivity contribution in [3.8, 4) is 17.2 Å². The molecule has 30 heavy (non-hydrogen) atoms. The van der Waals surface area contributed by atoms with Gasteiger partial charge in [0, 0.05) is 5.56 Å². The Labute approximate surface area is 174 Å². The highest BCUT2D eigenvalue weighted by atomic mass is 16.5. The van der Waals surface area contributed by atoms with Crippen molar-refractivity contribution in [2.24, 2.45) is 0 Å². The van der Waals surface area contributed by atoms with Crippen LogP contribution in [0.2, 0.25) is 0 Å². The number of aromatic nitrogens is 2. The smallest absolute Gasteiger partial charge is 0.335 e. The van der Waals surface area contributed by atoms with Gasteiger partial charge in [-0.05, 0) is 49.1 Å². The molecular formula is C24H22N2O4. The summed E-state index contributed by atoms with van der Waals surface area (Å²) in [5, 5.41) is 17.5. The van der Waals surface area contributed by atoms with E-state index in [2.05, 4.69) is 10.2 Å². The molecule has 2 aromatic carbocycles. The van der Waals surface area contributed by atoms with Gasteiger partial charge in [-0.3, -0.25) is 0 Å². The summed E-state index contributed by atoms with van der Waals surface area (Å²) in [6.07, 6.45) is 5.68. The number of nitrogens with zero attached hydrogens (tertiary/aromatic N) is 2. The Bertz CT molecular complexity index is 1110. The number of benzene rings is 2. The first-order valence-electron chi connectivity index (χ1n) is 9.74. The van der Waals surface area contributed by atoms with Crippen molar-refractivity contribution >= 4 is 5.97 Å². The van der Waals surface area contributed by atoms with Crippen LogP contribution in [-0.4, -0.2) is 21.3 Å². The van der Waals surface area contributed by atoms with Gasteiger partial charge in [-0.2, -0.15) is 0 Å². The molecule has 0 spiro atoms. The molecule has 6 nitrogen and oxygen atoms in total. The van der Waals surface area contributed by atoms with E-state index >= 15 is 0 Å². The fraction of sp³-hybridized carbons (Fsp3) is 0.208. The number of rotatable bonds is 6. The van der Waals surface area contributed by atoms with Crippen LogP contribution in [0.25, 0.3) is 11.5 Å². The summed E-state index contributed by atoms with van der Waals surface area (Å²) < 4.78 is 11.9. The average molecular weight is 402 g/mol. The number of aliphatic carboxylic acids is 1. The van der Waals surface area contributed by atoms with Gasteiger partial charge in [0.25, 0.3) is 0 Å². The molecule has 1 aliphatic carbocycles. The number of hydrogen-bond donors (Lipinski definition) is 1. The fourth-order valence-electron chi connectivity index (χ4n) is 3.53. The minimum atomic E-state index is -0.965. The summed E-state index contributed by atoms with van der Waals surface area (Å²) in [6.45, 7) is 4.48. The van der Waals surface area contributed by atoms with Gasteiger partial charge < -0.3 is 14.3 Å². The third kappa shape index (κ3) is 4.17. The van der Waals surface area contributed by atoms with Gasteiger partial charge in [0.15, 0.2) is 0 Å². The van der Waals surface area contributed by atoms with Gasteiger partial charge in [-0.25, -0.2) is 4.79 Å². The lowest BCUT2D eigenvalue weighted by atomic mass is 9.96. The zero-order chi connectivity index (χ0) is 21.1. The Kier molecular flexibility index (Phi) is 5.48. The summed E-state index contributed by atoms with van der Waals surface area (Å²) in [5.74, 6) is 0.457. The lowest BCUT2D eigenvalue weighted by Gasteiger charge is -2.13. The highest BCUT2D eigenvalue weighted by Gasteiger charge is 2.21. The van der Waals surface area contributed by atoms with E-state index in [9.17, 15) is 9.90 Å². The predicted molar refractivity (Wildman–Crippen MR) is 112 cm³/mol. The van der Waals surface area contributed by atoms with Crippen LogP contribution in [0.5, 0.6) is 5.75 Å². The first-order chi connectivity index (χ1) is 14.5. The van der Waals surface area contributed by atoms with Gasteiger partial charge in [0.05, 0.1) is 11.5 Å². The van der Waals surface area contributed by atoms with E-state index in [4.69, 9.17) is 9.15 Å². The monoisotopic (exact) mass is 402 g/mol. The Hall–Kier alpha value is -3.67. The fourth-order valence-corrected chi connectivity index (χ4v) is 3.53. The van der Waals surface area contributed by atoms with E-state index in [1.54, 1.807) is 12.2 Å². The van der Waals surface area contributed by atoms with Crippen LogP contribution in [0, 0.1) is 13.8 Å². The number of ether oxygens (including phenoxy) is 1. The highest BCUT2D eigenvalue weighted by Crippen LogP contribution is 2.32.